The molecule has 6 nitrogen and oxygen atoms in total. The Morgan fingerprint density at radius 2 is 0.500 bits per heavy atom. The Morgan fingerprint density at radius 1 is 0.269 bits per heavy atom. The summed E-state index contributed by atoms with van der Waals surface area (Å²) < 4.78 is 16.8. The highest BCUT2D eigenvalue weighted by Gasteiger charge is 2.19. The first-order valence-corrected chi connectivity index (χ1v) is 32.5. The normalized spacial score (nSPS) is 12.9. The van der Waals surface area contributed by atoms with Crippen LogP contribution in [0.5, 0.6) is 0 Å². The SMILES string of the molecule is CC/C=C\C/C=C\C/C=C\C/C=C\C/C=C\C/C=C\C/C=C\C/C=C\CCCCCCC(=O)OCC(COC(=O)CCCCCCCCCC)OC(=O)CCCCCCCCCCCCC/C=C\C/C=C\CCCCCCC. The molecule has 0 aromatic heterocycles. The van der Waals surface area contributed by atoms with E-state index in [1.54, 1.807) is 0 Å². The second kappa shape index (κ2) is 65.3. The number of hydrogen-bond donors (Lipinski definition) is 0. The molecule has 0 rings (SSSR count). The number of esters is 3. The predicted molar refractivity (Wildman–Crippen MR) is 339 cm³/mol. The molecule has 0 radical (unpaired) electrons. The van der Waals surface area contributed by atoms with Crippen molar-refractivity contribution in [1.82, 2.24) is 0 Å². The lowest BCUT2D eigenvalue weighted by Gasteiger charge is -2.18. The maximum absolute atomic E-state index is 12.9. The molecule has 0 heterocycles. The third-order valence-electron chi connectivity index (χ3n) is 13.7. The van der Waals surface area contributed by atoms with Gasteiger partial charge in [0.1, 0.15) is 13.2 Å². The molecule has 0 saturated heterocycles. The number of allylic oxidation sites excluding steroid dienone is 20. The lowest BCUT2D eigenvalue weighted by molar-refractivity contribution is -0.167. The standard InChI is InChI=1S/C72H120O6/c1-4-7-10-13-16-19-21-23-25-27-29-31-33-34-35-36-37-38-40-41-43-45-47-49-51-53-56-59-62-65-71(74)77-68-69(67-76-70(73)64-61-58-55-18-15-12-9-6-3)78-72(75)66-63-60-57-54-52-50-48-46-44-42-39-32-30-28-26-24-22-20-17-14-11-8-5-2/h7,10,16,19,22-25,28-31,34-35,37-38,41,43,47,49,69H,4-6,8-9,11-15,17-18,20-21,26-27,32-33,36,39-40,42,44-46,48,50-68H2,1-3H3/b10-7-,19-16-,24-22-,25-23-,30-28-,31-29-,35-34-,38-37-,43-41-,49-47-. The van der Waals surface area contributed by atoms with Gasteiger partial charge in [0.2, 0.25) is 0 Å². The molecule has 0 aliphatic heterocycles. The first-order valence-electron chi connectivity index (χ1n) is 32.5. The van der Waals surface area contributed by atoms with E-state index in [2.05, 4.69) is 142 Å². The number of ether oxygens (including phenoxy) is 3. The van der Waals surface area contributed by atoms with E-state index in [0.29, 0.717) is 19.3 Å². The van der Waals surface area contributed by atoms with Crippen molar-refractivity contribution in [3.63, 3.8) is 0 Å². The van der Waals surface area contributed by atoms with Gasteiger partial charge in [-0.05, 0) is 116 Å². The molecular formula is C72H120O6. The molecular weight excluding hydrogens is 961 g/mol. The van der Waals surface area contributed by atoms with Gasteiger partial charge in [-0.2, -0.15) is 0 Å². The van der Waals surface area contributed by atoms with Gasteiger partial charge >= 0.3 is 17.9 Å². The molecule has 444 valence electrons. The summed E-state index contributed by atoms with van der Waals surface area (Å²) in [6.45, 7) is 6.48. The molecule has 0 saturated carbocycles. The van der Waals surface area contributed by atoms with Gasteiger partial charge in [0.05, 0.1) is 0 Å². The minimum Gasteiger partial charge on any atom is -0.462 e. The Labute approximate surface area is 482 Å². The summed E-state index contributed by atoms with van der Waals surface area (Å²) in [6.07, 6.45) is 90.8. The maximum atomic E-state index is 12.9. The number of carbonyl (C=O) groups excluding carboxylic acids is 3. The van der Waals surface area contributed by atoms with Crippen LogP contribution in [0.15, 0.2) is 122 Å². The Balaban J connectivity index is 4.26. The van der Waals surface area contributed by atoms with Crippen LogP contribution in [0.25, 0.3) is 0 Å². The monoisotopic (exact) mass is 1080 g/mol. The number of rotatable bonds is 58. The Hall–Kier alpha value is -4.19. The Morgan fingerprint density at radius 3 is 0.782 bits per heavy atom. The topological polar surface area (TPSA) is 78.9 Å². The molecule has 78 heavy (non-hydrogen) atoms. The van der Waals surface area contributed by atoms with E-state index in [1.807, 2.05) is 0 Å². The zero-order valence-corrected chi connectivity index (χ0v) is 50.9. The van der Waals surface area contributed by atoms with Crippen molar-refractivity contribution in [2.24, 2.45) is 0 Å². The third kappa shape index (κ3) is 62.7. The smallest absolute Gasteiger partial charge is 0.306 e. The summed E-state index contributed by atoms with van der Waals surface area (Å²) >= 11 is 0. The second-order valence-electron chi connectivity index (χ2n) is 21.3. The van der Waals surface area contributed by atoms with Crippen molar-refractivity contribution >= 4 is 17.9 Å². The molecule has 0 aliphatic carbocycles. The van der Waals surface area contributed by atoms with E-state index in [-0.39, 0.29) is 31.1 Å². The van der Waals surface area contributed by atoms with Crippen molar-refractivity contribution in [1.29, 1.82) is 0 Å². The van der Waals surface area contributed by atoms with E-state index in [1.165, 1.54) is 128 Å². The molecule has 1 atom stereocenters. The summed E-state index contributed by atoms with van der Waals surface area (Å²) in [6, 6.07) is 0. The van der Waals surface area contributed by atoms with E-state index >= 15 is 0 Å². The van der Waals surface area contributed by atoms with E-state index in [4.69, 9.17) is 14.2 Å². The summed E-state index contributed by atoms with van der Waals surface area (Å²) in [5.74, 6) is -0.916. The molecule has 0 aromatic rings. The lowest BCUT2D eigenvalue weighted by Crippen LogP contribution is -2.30. The van der Waals surface area contributed by atoms with E-state index in [0.717, 1.165) is 128 Å². The van der Waals surface area contributed by atoms with Gasteiger partial charge in [-0.15, -0.1) is 0 Å². The fourth-order valence-electron chi connectivity index (χ4n) is 8.84. The predicted octanol–water partition coefficient (Wildman–Crippen LogP) is 22.4. The third-order valence-corrected chi connectivity index (χ3v) is 13.7. The van der Waals surface area contributed by atoms with Crippen molar-refractivity contribution in [3.8, 4) is 0 Å². The van der Waals surface area contributed by atoms with Crippen LogP contribution in [0.3, 0.4) is 0 Å². The van der Waals surface area contributed by atoms with Crippen LogP contribution in [0.1, 0.15) is 297 Å². The number of unbranched alkanes of at least 4 members (excludes halogenated alkanes) is 27. The van der Waals surface area contributed by atoms with Gasteiger partial charge in [-0.3, -0.25) is 14.4 Å². The van der Waals surface area contributed by atoms with Crippen molar-refractivity contribution < 1.29 is 28.6 Å². The summed E-state index contributed by atoms with van der Waals surface area (Å²) in [5.41, 5.74) is 0. The highest BCUT2D eigenvalue weighted by Crippen LogP contribution is 2.15. The van der Waals surface area contributed by atoms with Crippen molar-refractivity contribution in [2.75, 3.05) is 13.2 Å². The van der Waals surface area contributed by atoms with Gasteiger partial charge in [0.25, 0.3) is 0 Å². The van der Waals surface area contributed by atoms with Crippen molar-refractivity contribution in [2.45, 2.75) is 303 Å². The molecule has 0 aliphatic rings. The quantitative estimate of drug-likeness (QED) is 0.0261. The van der Waals surface area contributed by atoms with Crippen LogP contribution in [0.4, 0.5) is 0 Å². The molecule has 6 heteroatoms. The first-order chi connectivity index (χ1) is 38.5. The Bertz CT molecular complexity index is 1620. The summed E-state index contributed by atoms with van der Waals surface area (Å²) in [5, 5.41) is 0. The van der Waals surface area contributed by atoms with Gasteiger partial charge in [-0.1, -0.05) is 284 Å². The van der Waals surface area contributed by atoms with Crippen LogP contribution < -0.4 is 0 Å². The molecule has 0 N–H and O–H groups in total. The molecule has 0 fully saturated rings. The van der Waals surface area contributed by atoms with Crippen molar-refractivity contribution in [3.05, 3.63) is 122 Å². The summed E-state index contributed by atoms with van der Waals surface area (Å²) in [7, 11) is 0. The summed E-state index contributed by atoms with van der Waals surface area (Å²) in [4.78, 5) is 38.2. The van der Waals surface area contributed by atoms with Crippen LogP contribution in [-0.4, -0.2) is 37.2 Å². The largest absolute Gasteiger partial charge is 0.462 e. The van der Waals surface area contributed by atoms with Crippen LogP contribution in [0.2, 0.25) is 0 Å². The highest BCUT2D eigenvalue weighted by atomic mass is 16.6. The van der Waals surface area contributed by atoms with E-state index in [9.17, 15) is 14.4 Å². The average Bonchev–Trinajstić information content (AvgIpc) is 3.44. The fraction of sp³-hybridized carbons (Fsp3) is 0.681. The van der Waals surface area contributed by atoms with Gasteiger partial charge in [-0.25, -0.2) is 0 Å². The number of hydrogen-bond acceptors (Lipinski definition) is 6. The van der Waals surface area contributed by atoms with Gasteiger partial charge in [0, 0.05) is 19.3 Å². The minimum atomic E-state index is -0.791. The van der Waals surface area contributed by atoms with Crippen LogP contribution in [0, 0.1) is 0 Å². The number of carbonyl (C=O) groups is 3. The lowest BCUT2D eigenvalue weighted by atomic mass is 10.0. The molecule has 0 amide bonds. The molecule has 0 aromatic carbocycles. The first kappa shape index (κ1) is 73.8. The molecule has 1 unspecified atom stereocenters. The van der Waals surface area contributed by atoms with Gasteiger partial charge < -0.3 is 14.2 Å². The second-order valence-corrected chi connectivity index (χ2v) is 21.3. The maximum Gasteiger partial charge on any atom is 0.306 e. The highest BCUT2D eigenvalue weighted by molar-refractivity contribution is 5.71. The van der Waals surface area contributed by atoms with Crippen LogP contribution in [-0.2, 0) is 28.6 Å². The average molecular weight is 1080 g/mol. The Kier molecular flexibility index (Phi) is 61.8. The van der Waals surface area contributed by atoms with E-state index < -0.39 is 6.10 Å². The zero-order valence-electron chi connectivity index (χ0n) is 50.9. The zero-order chi connectivity index (χ0) is 56.4. The molecule has 0 spiro atoms. The van der Waals surface area contributed by atoms with Gasteiger partial charge in [0.15, 0.2) is 6.10 Å². The minimum absolute atomic E-state index is 0.0874. The van der Waals surface area contributed by atoms with Crippen LogP contribution >= 0.6 is 0 Å². The fourth-order valence-corrected chi connectivity index (χ4v) is 8.84. The molecule has 0 bridgehead atoms.